The van der Waals surface area contributed by atoms with E-state index in [1.54, 1.807) is 0 Å². The Hall–Kier alpha value is -0.380. The molecule has 0 aliphatic carbocycles. The zero-order valence-electron chi connectivity index (χ0n) is 8.52. The molecule has 1 aliphatic heterocycles. The highest BCUT2D eigenvalue weighted by atomic mass is 32.1. The van der Waals surface area contributed by atoms with Crippen molar-refractivity contribution in [3.63, 3.8) is 0 Å². The molecule has 0 unspecified atom stereocenters. The molecular formula is C11H17NOS. The molecule has 2 nitrogen and oxygen atoms in total. The lowest BCUT2D eigenvalue weighted by Gasteiger charge is -2.35. The standard InChI is InChI=1S/C11H17NOS/c1-12-5-4-9(8-13)7-10(12)11-3-2-6-14-11/h2-3,6,9-10,13H,4-5,7-8H2,1H3/t9-,10-/m0/s1. The summed E-state index contributed by atoms with van der Waals surface area (Å²) >= 11 is 1.82. The van der Waals surface area contributed by atoms with Crippen LogP contribution >= 0.6 is 11.3 Å². The van der Waals surface area contributed by atoms with E-state index in [1.807, 2.05) is 11.3 Å². The van der Waals surface area contributed by atoms with Crippen LogP contribution in [0.2, 0.25) is 0 Å². The summed E-state index contributed by atoms with van der Waals surface area (Å²) in [6.07, 6.45) is 2.24. The van der Waals surface area contributed by atoms with Gasteiger partial charge in [0.1, 0.15) is 0 Å². The lowest BCUT2D eigenvalue weighted by Crippen LogP contribution is -2.34. The van der Waals surface area contributed by atoms with Gasteiger partial charge in [-0.3, -0.25) is 4.90 Å². The number of hydrogen-bond donors (Lipinski definition) is 1. The third kappa shape index (κ3) is 2.00. The van der Waals surface area contributed by atoms with Crippen LogP contribution in [-0.2, 0) is 0 Å². The van der Waals surface area contributed by atoms with Gasteiger partial charge >= 0.3 is 0 Å². The largest absolute Gasteiger partial charge is 0.396 e. The summed E-state index contributed by atoms with van der Waals surface area (Å²) in [5.74, 6) is 0.498. The number of hydrogen-bond acceptors (Lipinski definition) is 3. The fraction of sp³-hybridized carbons (Fsp3) is 0.636. The van der Waals surface area contributed by atoms with Crippen LogP contribution in [0.4, 0.5) is 0 Å². The molecule has 1 aliphatic rings. The van der Waals surface area contributed by atoms with Crippen LogP contribution in [0, 0.1) is 5.92 Å². The van der Waals surface area contributed by atoms with Gasteiger partial charge in [0.2, 0.25) is 0 Å². The van der Waals surface area contributed by atoms with E-state index in [0.717, 1.165) is 19.4 Å². The number of piperidine rings is 1. The summed E-state index contributed by atoms with van der Waals surface area (Å²) in [6, 6.07) is 4.84. The molecule has 2 atom stereocenters. The Morgan fingerprint density at radius 3 is 3.14 bits per heavy atom. The normalized spacial score (nSPS) is 29.3. The van der Waals surface area contributed by atoms with Gasteiger partial charge in [-0.15, -0.1) is 11.3 Å². The van der Waals surface area contributed by atoms with Gasteiger partial charge in [0.15, 0.2) is 0 Å². The quantitative estimate of drug-likeness (QED) is 0.810. The van der Waals surface area contributed by atoms with Crippen LogP contribution in [0.3, 0.4) is 0 Å². The molecule has 0 amide bonds. The van der Waals surface area contributed by atoms with Crippen molar-refractivity contribution in [3.05, 3.63) is 22.4 Å². The first kappa shape index (κ1) is 10.1. The predicted octanol–water partition coefficient (Wildman–Crippen LogP) is 2.12. The zero-order valence-corrected chi connectivity index (χ0v) is 9.33. The molecule has 1 saturated heterocycles. The maximum absolute atomic E-state index is 9.18. The van der Waals surface area contributed by atoms with Gasteiger partial charge in [-0.2, -0.15) is 0 Å². The highest BCUT2D eigenvalue weighted by Gasteiger charge is 2.27. The van der Waals surface area contributed by atoms with Crippen LogP contribution < -0.4 is 0 Å². The van der Waals surface area contributed by atoms with Crippen LogP contribution in [0.25, 0.3) is 0 Å². The van der Waals surface area contributed by atoms with Crippen molar-refractivity contribution in [3.8, 4) is 0 Å². The van der Waals surface area contributed by atoms with Gasteiger partial charge in [0, 0.05) is 17.5 Å². The molecule has 78 valence electrons. The SMILES string of the molecule is CN1CC[C@H](CO)C[C@H]1c1cccs1. The molecule has 0 bridgehead atoms. The number of rotatable bonds is 2. The Morgan fingerprint density at radius 1 is 1.64 bits per heavy atom. The van der Waals surface area contributed by atoms with E-state index in [2.05, 4.69) is 29.5 Å². The predicted molar refractivity (Wildman–Crippen MR) is 59.5 cm³/mol. The fourth-order valence-corrected chi connectivity index (χ4v) is 3.04. The summed E-state index contributed by atoms with van der Waals surface area (Å²) in [7, 11) is 2.18. The minimum absolute atomic E-state index is 0.343. The van der Waals surface area contributed by atoms with Crippen molar-refractivity contribution in [2.45, 2.75) is 18.9 Å². The minimum atomic E-state index is 0.343. The van der Waals surface area contributed by atoms with E-state index in [0.29, 0.717) is 18.6 Å². The molecule has 1 N–H and O–H groups in total. The number of nitrogens with zero attached hydrogens (tertiary/aromatic N) is 1. The second-order valence-corrected chi connectivity index (χ2v) is 5.06. The van der Waals surface area contributed by atoms with Crippen molar-refractivity contribution in [1.29, 1.82) is 0 Å². The van der Waals surface area contributed by atoms with E-state index < -0.39 is 0 Å². The second kappa shape index (κ2) is 4.43. The number of aliphatic hydroxyl groups excluding tert-OH is 1. The summed E-state index contributed by atoms with van der Waals surface area (Å²) in [6.45, 7) is 1.45. The smallest absolute Gasteiger partial charge is 0.0460 e. The molecule has 0 radical (unpaired) electrons. The Bertz CT molecular complexity index is 273. The topological polar surface area (TPSA) is 23.5 Å². The second-order valence-electron chi connectivity index (χ2n) is 4.08. The summed E-state index contributed by atoms with van der Waals surface area (Å²) in [4.78, 5) is 3.84. The summed E-state index contributed by atoms with van der Waals surface area (Å²) in [5, 5.41) is 11.3. The molecule has 3 heteroatoms. The van der Waals surface area contributed by atoms with Gasteiger partial charge in [0.25, 0.3) is 0 Å². The summed E-state index contributed by atoms with van der Waals surface area (Å²) < 4.78 is 0. The molecule has 2 heterocycles. The van der Waals surface area contributed by atoms with E-state index >= 15 is 0 Å². The zero-order chi connectivity index (χ0) is 9.97. The van der Waals surface area contributed by atoms with Gasteiger partial charge in [-0.05, 0) is 43.8 Å². The van der Waals surface area contributed by atoms with Crippen LogP contribution in [-0.4, -0.2) is 30.2 Å². The molecule has 1 aromatic rings. The van der Waals surface area contributed by atoms with Crippen molar-refractivity contribution in [1.82, 2.24) is 4.90 Å². The molecule has 0 saturated carbocycles. The maximum Gasteiger partial charge on any atom is 0.0460 e. The third-order valence-corrected chi connectivity index (χ3v) is 4.08. The van der Waals surface area contributed by atoms with E-state index in [4.69, 9.17) is 0 Å². The third-order valence-electron chi connectivity index (χ3n) is 3.11. The van der Waals surface area contributed by atoms with Crippen molar-refractivity contribution in [2.24, 2.45) is 5.92 Å². The van der Waals surface area contributed by atoms with Gasteiger partial charge in [0.05, 0.1) is 0 Å². The molecule has 1 fully saturated rings. The molecule has 14 heavy (non-hydrogen) atoms. The molecular weight excluding hydrogens is 194 g/mol. The first-order valence-corrected chi connectivity index (χ1v) is 6.03. The lowest BCUT2D eigenvalue weighted by atomic mass is 9.91. The molecule has 0 spiro atoms. The highest BCUT2D eigenvalue weighted by Crippen LogP contribution is 2.34. The Labute approximate surface area is 89.2 Å². The highest BCUT2D eigenvalue weighted by molar-refractivity contribution is 7.10. The van der Waals surface area contributed by atoms with E-state index in [1.165, 1.54) is 4.88 Å². The van der Waals surface area contributed by atoms with E-state index in [-0.39, 0.29) is 0 Å². The average Bonchev–Trinajstić information content (AvgIpc) is 2.71. The molecule has 1 aromatic heterocycles. The van der Waals surface area contributed by atoms with Crippen molar-refractivity contribution >= 4 is 11.3 Å². The Balaban J connectivity index is 2.09. The maximum atomic E-state index is 9.18. The monoisotopic (exact) mass is 211 g/mol. The number of aliphatic hydroxyl groups is 1. The van der Waals surface area contributed by atoms with Gasteiger partial charge < -0.3 is 5.11 Å². The van der Waals surface area contributed by atoms with E-state index in [9.17, 15) is 5.11 Å². The number of likely N-dealkylation sites (tertiary alicyclic amines) is 1. The Kier molecular flexibility index (Phi) is 3.21. The fourth-order valence-electron chi connectivity index (χ4n) is 2.14. The number of thiophene rings is 1. The average molecular weight is 211 g/mol. The molecule has 2 rings (SSSR count). The van der Waals surface area contributed by atoms with Crippen molar-refractivity contribution in [2.75, 3.05) is 20.2 Å². The first-order valence-electron chi connectivity index (χ1n) is 5.15. The molecule has 0 aromatic carbocycles. The lowest BCUT2D eigenvalue weighted by molar-refractivity contribution is 0.102. The van der Waals surface area contributed by atoms with Gasteiger partial charge in [-0.25, -0.2) is 0 Å². The van der Waals surface area contributed by atoms with Crippen LogP contribution in [0.1, 0.15) is 23.8 Å². The van der Waals surface area contributed by atoms with Crippen molar-refractivity contribution < 1.29 is 5.11 Å². The first-order chi connectivity index (χ1) is 6.81. The summed E-state index contributed by atoms with van der Waals surface area (Å²) in [5.41, 5.74) is 0. The van der Waals surface area contributed by atoms with Gasteiger partial charge in [-0.1, -0.05) is 6.07 Å². The minimum Gasteiger partial charge on any atom is -0.396 e. The van der Waals surface area contributed by atoms with Crippen LogP contribution in [0.15, 0.2) is 17.5 Å². The Morgan fingerprint density at radius 2 is 2.50 bits per heavy atom. The van der Waals surface area contributed by atoms with Crippen LogP contribution in [0.5, 0.6) is 0 Å².